The number of nitroso groups, excluding NO2 is 2. The van der Waals surface area contributed by atoms with E-state index in [1.165, 1.54) is 0 Å². The number of rotatable bonds is 47. The molecule has 0 aromatic carbocycles. The first-order chi connectivity index (χ1) is 31.6. The van der Waals surface area contributed by atoms with E-state index in [0.717, 1.165) is 12.8 Å². The minimum Gasteiger partial charge on any atom is -0.378 e. The van der Waals surface area contributed by atoms with E-state index in [9.17, 15) is 33.8 Å². The number of nitrogens with zero attached hydrogens (tertiary/aromatic N) is 2. The van der Waals surface area contributed by atoms with E-state index in [0.29, 0.717) is 124 Å². The molecule has 4 amide bonds. The Morgan fingerprint density at radius 1 is 0.515 bits per heavy atom. The van der Waals surface area contributed by atoms with Gasteiger partial charge in [-0.05, 0) is 99.1 Å². The van der Waals surface area contributed by atoms with Crippen LogP contribution in [0.2, 0.25) is 0 Å². The second-order valence-electron chi connectivity index (χ2n) is 16.8. The Bertz CT molecular complexity index is 1290. The molecule has 0 aliphatic carbocycles. The van der Waals surface area contributed by atoms with Crippen LogP contribution in [0.3, 0.4) is 0 Å². The lowest BCUT2D eigenvalue weighted by Gasteiger charge is -2.31. The summed E-state index contributed by atoms with van der Waals surface area (Å²) >= 11 is 0. The number of carbonyl (C=O) groups excluding carboxylic acids is 5. The third-order valence-electron chi connectivity index (χ3n) is 10.6. The van der Waals surface area contributed by atoms with Crippen LogP contribution in [-0.4, -0.2) is 191 Å². The molecular weight excluding hydrogens is 867 g/mol. The number of nitrogens with one attached hydrogen (secondary N) is 6. The lowest BCUT2D eigenvalue weighted by Crippen LogP contribution is -2.48. The topological polar surface area (TPSA) is 307 Å². The van der Waals surface area contributed by atoms with Gasteiger partial charge in [0.15, 0.2) is 0 Å². The fourth-order valence-electron chi connectivity index (χ4n) is 5.70. The summed E-state index contributed by atoms with van der Waals surface area (Å²) in [6.07, 6.45) is 4.22. The predicted octanol–water partition coefficient (Wildman–Crippen LogP) is 0.0966. The van der Waals surface area contributed by atoms with Gasteiger partial charge in [0.2, 0.25) is 23.6 Å². The van der Waals surface area contributed by atoms with E-state index in [4.69, 9.17) is 38.9 Å². The largest absolute Gasteiger partial charge is 0.378 e. The molecule has 23 heteroatoms. The summed E-state index contributed by atoms with van der Waals surface area (Å²) in [5.74, 6) is -1.53. The molecule has 0 saturated heterocycles. The van der Waals surface area contributed by atoms with Gasteiger partial charge in [0, 0.05) is 37.3 Å². The van der Waals surface area contributed by atoms with Crippen molar-refractivity contribution in [2.45, 2.75) is 109 Å². The second-order valence-corrected chi connectivity index (χ2v) is 16.8. The van der Waals surface area contributed by atoms with Crippen LogP contribution >= 0.6 is 0 Å². The Morgan fingerprint density at radius 3 is 1.35 bits per heavy atom. The molecule has 0 aliphatic heterocycles. The first-order valence-electron chi connectivity index (χ1n) is 23.1. The molecule has 0 radical (unpaired) electrons. The minimum absolute atomic E-state index is 0.197. The van der Waals surface area contributed by atoms with Crippen LogP contribution in [0, 0.1) is 15.7 Å². The van der Waals surface area contributed by atoms with Gasteiger partial charge >= 0.3 is 0 Å². The van der Waals surface area contributed by atoms with Crippen LogP contribution in [0.1, 0.15) is 80.1 Å². The number of hydrogen-bond acceptors (Lipinski definition) is 19. The predicted molar refractivity (Wildman–Crippen MR) is 248 cm³/mol. The van der Waals surface area contributed by atoms with E-state index in [-0.39, 0.29) is 44.8 Å². The Hall–Kier alpha value is -3.65. The van der Waals surface area contributed by atoms with E-state index >= 15 is 0 Å². The number of aldehydes is 1. The Balaban J connectivity index is 4.10. The average Bonchev–Trinajstić information content (AvgIpc) is 3.28. The van der Waals surface area contributed by atoms with Crippen LogP contribution in [0.5, 0.6) is 0 Å². The van der Waals surface area contributed by atoms with Crippen molar-refractivity contribution < 1.29 is 57.1 Å². The smallest absolute Gasteiger partial charge is 0.246 e. The van der Waals surface area contributed by atoms with Crippen molar-refractivity contribution in [3.63, 3.8) is 0 Å². The first kappa shape index (κ1) is 62.4. The van der Waals surface area contributed by atoms with E-state index < -0.39 is 53.5 Å². The number of amides is 4. The normalized spacial score (nSPS) is 13.6. The zero-order valence-electron chi connectivity index (χ0n) is 40.5. The van der Waals surface area contributed by atoms with Crippen molar-refractivity contribution in [2.75, 3.05) is 132 Å². The van der Waals surface area contributed by atoms with Crippen LogP contribution in [-0.2, 0) is 57.1 Å². The molecule has 0 saturated carbocycles. The summed E-state index contributed by atoms with van der Waals surface area (Å²) in [4.78, 5) is 82.6. The summed E-state index contributed by atoms with van der Waals surface area (Å²) in [5.41, 5.74) is 4.38. The zero-order chi connectivity index (χ0) is 49.3. The van der Waals surface area contributed by atoms with Gasteiger partial charge in [0.25, 0.3) is 0 Å². The third kappa shape index (κ3) is 35.5. The molecule has 2 unspecified atom stereocenters. The third-order valence-corrected chi connectivity index (χ3v) is 10.6. The van der Waals surface area contributed by atoms with Crippen molar-refractivity contribution in [3.8, 4) is 0 Å². The van der Waals surface area contributed by atoms with Gasteiger partial charge in [-0.25, -0.2) is 0 Å². The molecule has 0 aromatic rings. The van der Waals surface area contributed by atoms with Crippen molar-refractivity contribution in [1.82, 2.24) is 31.9 Å². The summed E-state index contributed by atoms with van der Waals surface area (Å²) in [5, 5.41) is 23.8. The summed E-state index contributed by atoms with van der Waals surface area (Å²) in [6, 6.07) is -1.60. The fourth-order valence-corrected chi connectivity index (χ4v) is 5.70. The number of hydrogen-bond donors (Lipinski definition) is 7. The van der Waals surface area contributed by atoms with Gasteiger partial charge in [-0.3, -0.25) is 19.2 Å². The monoisotopic (exact) mass is 950 g/mol. The van der Waals surface area contributed by atoms with Gasteiger partial charge in [-0.15, -0.1) is 0 Å². The van der Waals surface area contributed by atoms with Crippen molar-refractivity contribution in [3.05, 3.63) is 9.81 Å². The average molecular weight is 950 g/mol. The highest BCUT2D eigenvalue weighted by molar-refractivity contribution is 5.81. The molecule has 23 nitrogen and oxygen atoms in total. The van der Waals surface area contributed by atoms with Gasteiger partial charge in [-0.1, -0.05) is 10.4 Å². The molecule has 384 valence electrons. The van der Waals surface area contributed by atoms with E-state index in [2.05, 4.69) is 42.3 Å². The Labute approximate surface area is 391 Å². The Morgan fingerprint density at radius 2 is 0.909 bits per heavy atom. The number of ether oxygens (including phenoxy) is 7. The van der Waals surface area contributed by atoms with Crippen LogP contribution in [0.15, 0.2) is 10.4 Å². The van der Waals surface area contributed by atoms with Crippen LogP contribution in [0.25, 0.3) is 0 Å². The maximum Gasteiger partial charge on any atom is 0.246 e. The standard InChI is InChI=1S/C43H83N9O14/c1-34(51-58)42(3,4)48-16-11-36(12-17-49-43(5,6)35(2)52-59)10-15-46-39(55)31-66-33-41(57)50-37(29-53)9-7-8-14-45-38(54)30-65-32-40(56)47-18-20-61-22-24-63-26-28-64-27-25-62-23-21-60-19-13-44/h29,34-37,48-49H,7-28,30-33,44H2,1-6H3,(H,45,54)(H,46,55)(H,47,56)(H,50,57)/t34?,35?,36?,37-/m0/s1. The summed E-state index contributed by atoms with van der Waals surface area (Å²) in [6.45, 7) is 16.9. The first-order valence-corrected chi connectivity index (χ1v) is 23.1. The maximum atomic E-state index is 12.5. The van der Waals surface area contributed by atoms with Gasteiger partial charge in [0.05, 0.1) is 72.1 Å². The molecule has 66 heavy (non-hydrogen) atoms. The molecule has 0 spiro atoms. The lowest BCUT2D eigenvalue weighted by molar-refractivity contribution is -0.133. The molecule has 0 heterocycles. The second kappa shape index (κ2) is 40.4. The van der Waals surface area contributed by atoms with Gasteiger partial charge in [-0.2, -0.15) is 9.81 Å². The summed E-state index contributed by atoms with van der Waals surface area (Å²) in [7, 11) is 0. The molecule has 3 atom stereocenters. The van der Waals surface area contributed by atoms with Crippen LogP contribution in [0.4, 0.5) is 0 Å². The highest BCUT2D eigenvalue weighted by atomic mass is 16.6. The molecule has 0 bridgehead atoms. The molecule has 0 fully saturated rings. The number of nitrogens with two attached hydrogens (primary N) is 1. The van der Waals surface area contributed by atoms with E-state index in [1.54, 1.807) is 13.8 Å². The Kier molecular flexibility index (Phi) is 38.2. The highest BCUT2D eigenvalue weighted by Gasteiger charge is 2.28. The fraction of sp³-hybridized carbons (Fsp3) is 0.884. The quantitative estimate of drug-likeness (QED) is 0.0242. The SMILES string of the molecule is CC(N=O)C(C)(C)NCCC(CCNC(=O)COCC(=O)N[C@H](C=O)CCCCNC(=O)COCC(=O)NCCOCCOCCOCCOCCOCCN)CCNC(C)(C)C(C)N=O. The molecule has 0 rings (SSSR count). The maximum absolute atomic E-state index is 12.5. The number of unbranched alkanes of at least 4 members (excludes halogenated alkanes) is 1. The molecule has 8 N–H and O–H groups in total. The van der Waals surface area contributed by atoms with Crippen LogP contribution < -0.4 is 37.6 Å². The van der Waals surface area contributed by atoms with Gasteiger partial charge < -0.3 is 75.6 Å². The van der Waals surface area contributed by atoms with Gasteiger partial charge in [0.1, 0.15) is 44.8 Å². The van der Waals surface area contributed by atoms with Crippen molar-refractivity contribution in [2.24, 2.45) is 22.0 Å². The van der Waals surface area contributed by atoms with Crippen molar-refractivity contribution in [1.29, 1.82) is 0 Å². The molecule has 0 aliphatic rings. The molecule has 0 aromatic heterocycles. The van der Waals surface area contributed by atoms with E-state index in [1.807, 2.05) is 27.7 Å². The zero-order valence-corrected chi connectivity index (χ0v) is 40.5. The lowest BCUT2D eigenvalue weighted by atomic mass is 9.92. The summed E-state index contributed by atoms with van der Waals surface area (Å²) < 4.78 is 37.2. The minimum atomic E-state index is -0.765. The molecular formula is C43H83N9O14. The number of carbonyl (C=O) groups is 5. The highest BCUT2D eigenvalue weighted by Crippen LogP contribution is 2.18. The van der Waals surface area contributed by atoms with Crippen molar-refractivity contribution >= 4 is 29.9 Å².